The quantitative estimate of drug-likeness (QED) is 0.323. The van der Waals surface area contributed by atoms with Crippen LogP contribution < -0.4 is 0 Å². The SMILES string of the molecule is C/C=C/C=C(/CC1(C(O)C/C=C/C2CCC(Cl)C2)CCC1)SC. The van der Waals surface area contributed by atoms with Crippen molar-refractivity contribution in [2.75, 3.05) is 6.26 Å². The third-order valence-electron chi connectivity index (χ3n) is 5.50. The van der Waals surface area contributed by atoms with Crippen molar-refractivity contribution in [3.63, 3.8) is 0 Å². The fraction of sp³-hybridized carbons (Fsp3) is 0.700. The molecular formula is C20H31ClOS. The number of aliphatic hydroxyl groups excluding tert-OH is 1. The maximum absolute atomic E-state index is 10.8. The number of thioether (sulfide) groups is 1. The normalized spacial score (nSPS) is 29.3. The maximum atomic E-state index is 10.8. The van der Waals surface area contributed by atoms with Crippen LogP contribution in [-0.2, 0) is 0 Å². The first-order valence-corrected chi connectivity index (χ1v) is 10.6. The number of allylic oxidation sites excluding steroid dienone is 5. The van der Waals surface area contributed by atoms with Crippen molar-refractivity contribution in [3.8, 4) is 0 Å². The van der Waals surface area contributed by atoms with Gasteiger partial charge in [0.1, 0.15) is 0 Å². The lowest BCUT2D eigenvalue weighted by Crippen LogP contribution is -2.41. The molecular weight excluding hydrogens is 324 g/mol. The molecule has 0 saturated heterocycles. The second kappa shape index (κ2) is 9.34. The first-order chi connectivity index (χ1) is 11.1. The van der Waals surface area contributed by atoms with Gasteiger partial charge in [0.15, 0.2) is 0 Å². The highest BCUT2D eigenvalue weighted by Crippen LogP contribution is 2.50. The lowest BCUT2D eigenvalue weighted by molar-refractivity contribution is -0.0310. The van der Waals surface area contributed by atoms with Crippen molar-refractivity contribution in [2.24, 2.45) is 11.3 Å². The third-order valence-corrected chi connectivity index (χ3v) is 6.70. The first kappa shape index (κ1) is 19.1. The fourth-order valence-electron chi connectivity index (χ4n) is 3.79. The Morgan fingerprint density at radius 3 is 2.70 bits per heavy atom. The highest BCUT2D eigenvalue weighted by atomic mass is 35.5. The molecule has 0 aromatic rings. The van der Waals surface area contributed by atoms with Gasteiger partial charge in [-0.25, -0.2) is 0 Å². The molecule has 2 aliphatic carbocycles. The number of aliphatic hydroxyl groups is 1. The van der Waals surface area contributed by atoms with Crippen molar-refractivity contribution < 1.29 is 5.11 Å². The Hall–Kier alpha value is -0.180. The Morgan fingerprint density at radius 1 is 1.39 bits per heavy atom. The van der Waals surface area contributed by atoms with Gasteiger partial charge in [0.25, 0.3) is 0 Å². The molecule has 0 bridgehead atoms. The zero-order valence-electron chi connectivity index (χ0n) is 14.5. The van der Waals surface area contributed by atoms with Gasteiger partial charge in [-0.05, 0) is 68.9 Å². The monoisotopic (exact) mass is 354 g/mol. The van der Waals surface area contributed by atoms with Gasteiger partial charge in [0.05, 0.1) is 6.10 Å². The molecule has 0 radical (unpaired) electrons. The summed E-state index contributed by atoms with van der Waals surface area (Å²) in [6.07, 6.45) is 21.6. The molecule has 3 heteroatoms. The minimum absolute atomic E-state index is 0.103. The minimum Gasteiger partial charge on any atom is -0.392 e. The van der Waals surface area contributed by atoms with E-state index in [0.29, 0.717) is 11.3 Å². The highest BCUT2D eigenvalue weighted by molar-refractivity contribution is 8.02. The van der Waals surface area contributed by atoms with E-state index in [9.17, 15) is 5.11 Å². The van der Waals surface area contributed by atoms with Crippen LogP contribution in [0.4, 0.5) is 0 Å². The predicted octanol–water partition coefficient (Wildman–Crippen LogP) is 6.08. The van der Waals surface area contributed by atoms with E-state index < -0.39 is 0 Å². The molecule has 130 valence electrons. The van der Waals surface area contributed by atoms with E-state index in [2.05, 4.69) is 36.6 Å². The van der Waals surface area contributed by atoms with Crippen LogP contribution in [0.3, 0.4) is 0 Å². The summed E-state index contributed by atoms with van der Waals surface area (Å²) >= 11 is 7.98. The zero-order chi connectivity index (χ0) is 16.7. The summed E-state index contributed by atoms with van der Waals surface area (Å²) in [5, 5.41) is 11.1. The number of hydrogen-bond acceptors (Lipinski definition) is 2. The second-order valence-corrected chi connectivity index (χ2v) is 8.66. The summed E-state index contributed by atoms with van der Waals surface area (Å²) in [6.45, 7) is 2.04. The maximum Gasteiger partial charge on any atom is 0.0634 e. The average Bonchev–Trinajstić information content (AvgIpc) is 2.91. The molecule has 2 saturated carbocycles. The van der Waals surface area contributed by atoms with Gasteiger partial charge in [-0.2, -0.15) is 0 Å². The Labute approximate surface area is 151 Å². The lowest BCUT2D eigenvalue weighted by atomic mass is 9.62. The Bertz CT molecular complexity index is 451. The van der Waals surface area contributed by atoms with Crippen molar-refractivity contribution in [2.45, 2.75) is 69.8 Å². The molecule has 0 aliphatic heterocycles. The van der Waals surface area contributed by atoms with E-state index in [-0.39, 0.29) is 11.5 Å². The lowest BCUT2D eigenvalue weighted by Gasteiger charge is -2.46. The largest absolute Gasteiger partial charge is 0.392 e. The summed E-state index contributed by atoms with van der Waals surface area (Å²) in [5.74, 6) is 0.624. The van der Waals surface area contributed by atoms with E-state index in [4.69, 9.17) is 11.6 Å². The average molecular weight is 355 g/mol. The fourth-order valence-corrected chi connectivity index (χ4v) is 4.79. The number of alkyl halides is 1. The van der Waals surface area contributed by atoms with Gasteiger partial charge in [0.2, 0.25) is 0 Å². The van der Waals surface area contributed by atoms with Gasteiger partial charge in [-0.3, -0.25) is 0 Å². The van der Waals surface area contributed by atoms with E-state index in [1.165, 1.54) is 17.7 Å². The predicted molar refractivity (Wildman–Crippen MR) is 104 cm³/mol. The Kier molecular flexibility index (Phi) is 7.78. The molecule has 1 nitrogen and oxygen atoms in total. The highest BCUT2D eigenvalue weighted by Gasteiger charge is 2.43. The molecule has 0 aromatic carbocycles. The summed E-state index contributed by atoms with van der Waals surface area (Å²) in [6, 6.07) is 0. The van der Waals surface area contributed by atoms with Crippen molar-refractivity contribution in [1.29, 1.82) is 0 Å². The van der Waals surface area contributed by atoms with Crippen LogP contribution in [0.15, 0.2) is 35.3 Å². The molecule has 0 aromatic heterocycles. The van der Waals surface area contributed by atoms with Gasteiger partial charge in [-0.1, -0.05) is 36.8 Å². The van der Waals surface area contributed by atoms with E-state index in [1.54, 1.807) is 0 Å². The van der Waals surface area contributed by atoms with Crippen LogP contribution in [-0.4, -0.2) is 22.8 Å². The summed E-state index contributed by atoms with van der Waals surface area (Å²) in [4.78, 5) is 1.38. The van der Waals surface area contributed by atoms with Crippen molar-refractivity contribution in [1.82, 2.24) is 0 Å². The topological polar surface area (TPSA) is 20.2 Å². The number of halogens is 1. The molecule has 2 rings (SSSR count). The smallest absolute Gasteiger partial charge is 0.0634 e. The third kappa shape index (κ3) is 5.41. The van der Waals surface area contributed by atoms with Crippen LogP contribution in [0.1, 0.15) is 58.3 Å². The number of rotatable bonds is 8. The minimum atomic E-state index is -0.221. The molecule has 0 heterocycles. The summed E-state index contributed by atoms with van der Waals surface area (Å²) < 4.78 is 0. The molecule has 2 fully saturated rings. The Morgan fingerprint density at radius 2 is 2.17 bits per heavy atom. The first-order valence-electron chi connectivity index (χ1n) is 8.94. The van der Waals surface area contributed by atoms with Crippen molar-refractivity contribution in [3.05, 3.63) is 35.3 Å². The molecule has 23 heavy (non-hydrogen) atoms. The molecule has 0 spiro atoms. The summed E-state index contributed by atoms with van der Waals surface area (Å²) in [7, 11) is 0. The standard InChI is InChI=1S/C20H31ClOS/c1-3-4-8-18(23-2)15-20(12-6-13-20)19(22)9-5-7-16-10-11-17(21)14-16/h3-5,7-8,16-17,19,22H,6,9-15H2,1-2H3/b4-3+,7-5+,18-8-. The van der Waals surface area contributed by atoms with Gasteiger partial charge >= 0.3 is 0 Å². The molecule has 1 N–H and O–H groups in total. The molecule has 3 unspecified atom stereocenters. The number of hydrogen-bond donors (Lipinski definition) is 1. The zero-order valence-corrected chi connectivity index (χ0v) is 16.1. The van der Waals surface area contributed by atoms with Crippen LogP contribution in [0.25, 0.3) is 0 Å². The van der Waals surface area contributed by atoms with Crippen LogP contribution in [0.5, 0.6) is 0 Å². The van der Waals surface area contributed by atoms with Crippen LogP contribution >= 0.6 is 23.4 Å². The van der Waals surface area contributed by atoms with Crippen molar-refractivity contribution >= 4 is 23.4 Å². The van der Waals surface area contributed by atoms with Gasteiger partial charge in [0, 0.05) is 10.8 Å². The summed E-state index contributed by atoms with van der Waals surface area (Å²) in [5.41, 5.74) is 0.103. The molecule has 2 aliphatic rings. The van der Waals surface area contributed by atoms with Gasteiger partial charge in [-0.15, -0.1) is 23.4 Å². The molecule has 0 amide bonds. The second-order valence-electron chi connectivity index (χ2n) is 7.11. The van der Waals surface area contributed by atoms with Gasteiger partial charge < -0.3 is 5.11 Å². The Balaban J connectivity index is 1.89. The molecule has 3 atom stereocenters. The van der Waals surface area contributed by atoms with E-state index in [0.717, 1.165) is 38.5 Å². The van der Waals surface area contributed by atoms with E-state index >= 15 is 0 Å². The van der Waals surface area contributed by atoms with Crippen LogP contribution in [0, 0.1) is 11.3 Å². The van der Waals surface area contributed by atoms with E-state index in [1.807, 2.05) is 18.7 Å². The van der Waals surface area contributed by atoms with Crippen LogP contribution in [0.2, 0.25) is 0 Å².